The highest BCUT2D eigenvalue weighted by Gasteiger charge is 2.17. The van der Waals surface area contributed by atoms with Crippen LogP contribution in [0.1, 0.15) is 31.0 Å². The molecule has 0 aliphatic heterocycles. The van der Waals surface area contributed by atoms with Crippen LogP contribution < -0.4 is 0 Å². The number of benzene rings is 7. The van der Waals surface area contributed by atoms with Crippen LogP contribution in [-0.2, 0) is 0 Å². The number of para-hydroxylation sites is 1. The quantitative estimate of drug-likeness (QED) is 0.144. The van der Waals surface area contributed by atoms with Crippen molar-refractivity contribution in [3.63, 3.8) is 0 Å². The molecule has 220 valence electrons. The first-order valence-electron chi connectivity index (χ1n) is 15.8. The predicted octanol–water partition coefficient (Wildman–Crippen LogP) is 11.2. The number of hydrogen-bond donors (Lipinski definition) is 0. The number of amidine groups is 1. The molecule has 3 nitrogen and oxygen atoms in total. The Balaban J connectivity index is 1.32. The van der Waals surface area contributed by atoms with E-state index >= 15 is 0 Å². The van der Waals surface area contributed by atoms with Gasteiger partial charge in [0.05, 0.1) is 17.1 Å². The van der Waals surface area contributed by atoms with Gasteiger partial charge in [0.25, 0.3) is 0 Å². The molecule has 8 aromatic rings. The van der Waals surface area contributed by atoms with Gasteiger partial charge in [-0.1, -0.05) is 133 Å². The predicted molar refractivity (Wildman–Crippen MR) is 196 cm³/mol. The summed E-state index contributed by atoms with van der Waals surface area (Å²) < 4.78 is 2.29. The van der Waals surface area contributed by atoms with Crippen LogP contribution in [0.3, 0.4) is 0 Å². The van der Waals surface area contributed by atoms with E-state index in [0.717, 1.165) is 33.8 Å². The van der Waals surface area contributed by atoms with Crippen LogP contribution in [0.25, 0.3) is 54.5 Å². The van der Waals surface area contributed by atoms with E-state index in [1.54, 1.807) is 0 Å². The summed E-state index contributed by atoms with van der Waals surface area (Å²) >= 11 is 0. The van der Waals surface area contributed by atoms with Gasteiger partial charge in [0.1, 0.15) is 5.84 Å². The van der Waals surface area contributed by atoms with E-state index in [2.05, 4.69) is 152 Å². The third-order valence-corrected chi connectivity index (χ3v) is 8.96. The molecule has 0 aliphatic carbocycles. The van der Waals surface area contributed by atoms with Crippen molar-refractivity contribution in [1.82, 2.24) is 4.57 Å². The Hall–Kier alpha value is -5.80. The molecule has 1 atom stereocenters. The Labute approximate surface area is 268 Å². The zero-order valence-electron chi connectivity index (χ0n) is 25.9. The Bertz CT molecular complexity index is 2430. The minimum Gasteiger partial charge on any atom is -0.297 e. The third-order valence-electron chi connectivity index (χ3n) is 8.96. The number of aromatic nitrogens is 1. The summed E-state index contributed by atoms with van der Waals surface area (Å²) in [6.45, 7) is 4.22. The molecular formula is C43H33N3. The van der Waals surface area contributed by atoms with Crippen molar-refractivity contribution in [1.29, 1.82) is 0 Å². The molecule has 0 fully saturated rings. The summed E-state index contributed by atoms with van der Waals surface area (Å²) in [7, 11) is 0. The highest BCUT2D eigenvalue weighted by atomic mass is 15.1. The van der Waals surface area contributed by atoms with Crippen molar-refractivity contribution in [2.24, 2.45) is 9.98 Å². The van der Waals surface area contributed by atoms with Gasteiger partial charge in [0.2, 0.25) is 0 Å². The Morgan fingerprint density at radius 2 is 1.17 bits per heavy atom. The van der Waals surface area contributed by atoms with Crippen LogP contribution in [0, 0.1) is 0 Å². The Kier molecular flexibility index (Phi) is 7.00. The molecule has 0 N–H and O–H groups in total. The molecule has 0 saturated heterocycles. The molecule has 1 aromatic heterocycles. The first kappa shape index (κ1) is 27.7. The average Bonchev–Trinajstić information content (AvgIpc) is 3.46. The van der Waals surface area contributed by atoms with Gasteiger partial charge in [-0.3, -0.25) is 9.56 Å². The zero-order valence-corrected chi connectivity index (χ0v) is 25.9. The second-order valence-corrected chi connectivity index (χ2v) is 11.9. The molecule has 1 unspecified atom stereocenters. The lowest BCUT2D eigenvalue weighted by Gasteiger charge is -2.12. The Morgan fingerprint density at radius 1 is 0.543 bits per heavy atom. The summed E-state index contributed by atoms with van der Waals surface area (Å²) in [6.07, 6.45) is 0. The third kappa shape index (κ3) is 4.96. The van der Waals surface area contributed by atoms with Gasteiger partial charge < -0.3 is 0 Å². The topological polar surface area (TPSA) is 29.6 Å². The summed E-state index contributed by atoms with van der Waals surface area (Å²) in [6, 6.07) is 55.9. The summed E-state index contributed by atoms with van der Waals surface area (Å²) in [5.41, 5.74) is 6.85. The molecule has 0 radical (unpaired) electrons. The molecule has 0 bridgehead atoms. The van der Waals surface area contributed by atoms with Crippen LogP contribution in [-0.4, -0.2) is 16.2 Å². The van der Waals surface area contributed by atoms with Crippen molar-refractivity contribution >= 4 is 55.0 Å². The highest BCUT2D eigenvalue weighted by Crippen LogP contribution is 2.37. The van der Waals surface area contributed by atoms with Gasteiger partial charge in [0, 0.05) is 16.3 Å². The largest absolute Gasteiger partial charge is 0.297 e. The summed E-state index contributed by atoms with van der Waals surface area (Å²) in [5, 5.41) is 7.41. The van der Waals surface area contributed by atoms with Gasteiger partial charge in [-0.25, -0.2) is 4.99 Å². The molecule has 0 spiro atoms. The van der Waals surface area contributed by atoms with E-state index in [9.17, 15) is 0 Å². The summed E-state index contributed by atoms with van der Waals surface area (Å²) in [5.74, 6) is 1.60. The van der Waals surface area contributed by atoms with Crippen molar-refractivity contribution in [2.75, 3.05) is 0 Å². The van der Waals surface area contributed by atoms with Gasteiger partial charge in [0.15, 0.2) is 5.84 Å². The van der Waals surface area contributed by atoms with Crippen molar-refractivity contribution < 1.29 is 0 Å². The molecule has 46 heavy (non-hydrogen) atoms. The number of aliphatic imine (C=N–C) groups is 2. The summed E-state index contributed by atoms with van der Waals surface area (Å²) in [4.78, 5) is 10.4. The smallest absolute Gasteiger partial charge is 0.157 e. The van der Waals surface area contributed by atoms with Gasteiger partial charge in [-0.2, -0.15) is 0 Å². The lowest BCUT2D eigenvalue weighted by Crippen LogP contribution is -2.12. The Morgan fingerprint density at radius 3 is 1.98 bits per heavy atom. The number of fused-ring (bicyclic) bond motifs is 6. The first-order chi connectivity index (χ1) is 22.6. The van der Waals surface area contributed by atoms with E-state index in [0.29, 0.717) is 0 Å². The van der Waals surface area contributed by atoms with Gasteiger partial charge in [-0.05, 0) is 76.3 Å². The van der Waals surface area contributed by atoms with Crippen LogP contribution in [0.2, 0.25) is 0 Å². The van der Waals surface area contributed by atoms with Gasteiger partial charge >= 0.3 is 0 Å². The van der Waals surface area contributed by atoms with E-state index in [4.69, 9.17) is 9.98 Å². The van der Waals surface area contributed by atoms with Crippen LogP contribution in [0.5, 0.6) is 0 Å². The van der Waals surface area contributed by atoms with Crippen LogP contribution >= 0.6 is 0 Å². The van der Waals surface area contributed by atoms with Crippen LogP contribution in [0.4, 0.5) is 0 Å². The monoisotopic (exact) mass is 591 g/mol. The van der Waals surface area contributed by atoms with Crippen molar-refractivity contribution in [3.05, 3.63) is 169 Å². The fourth-order valence-electron chi connectivity index (χ4n) is 6.63. The molecule has 0 aliphatic rings. The minimum absolute atomic E-state index is 0.0384. The molecule has 3 heteroatoms. The SMILES string of the molecule is C/C(=N\C(=N/C(C)c1ccccc1)c1ccccc1)n1c2ccccc2c2c3cc(-c4ccc5ccccc5c4)ccc3ccc21. The fraction of sp³-hybridized carbons (Fsp3) is 0.0698. The number of hydrogen-bond acceptors (Lipinski definition) is 1. The van der Waals surface area contributed by atoms with E-state index in [1.807, 2.05) is 24.3 Å². The molecule has 7 aromatic carbocycles. The second kappa shape index (κ2) is 11.6. The van der Waals surface area contributed by atoms with Gasteiger partial charge in [-0.15, -0.1) is 0 Å². The number of nitrogens with zero attached hydrogens (tertiary/aromatic N) is 3. The molecule has 1 heterocycles. The van der Waals surface area contributed by atoms with E-state index in [-0.39, 0.29) is 6.04 Å². The van der Waals surface area contributed by atoms with Crippen molar-refractivity contribution in [3.8, 4) is 11.1 Å². The second-order valence-electron chi connectivity index (χ2n) is 11.9. The standard InChI is InChI=1S/C43H33N3/c1-29(31-13-5-3-6-14-31)44-43(34-16-7-4-8-17-34)45-30(2)46-40-20-12-11-19-38(40)42-39-28-37(24-22-33(39)25-26-41(42)46)36-23-21-32-15-9-10-18-35(32)27-36/h3-29H,1-2H3/b44-43-,45-30+. The maximum atomic E-state index is 5.26. The molecule has 8 rings (SSSR count). The van der Waals surface area contributed by atoms with E-state index < -0.39 is 0 Å². The van der Waals surface area contributed by atoms with Crippen LogP contribution in [0.15, 0.2) is 168 Å². The number of rotatable bonds is 4. The average molecular weight is 592 g/mol. The maximum absolute atomic E-state index is 5.26. The lowest BCUT2D eigenvalue weighted by molar-refractivity contribution is 0.818. The lowest BCUT2D eigenvalue weighted by atomic mass is 9.96. The molecule has 0 saturated carbocycles. The highest BCUT2D eigenvalue weighted by molar-refractivity contribution is 6.24. The normalized spacial score (nSPS) is 13.2. The first-order valence-corrected chi connectivity index (χ1v) is 15.8. The zero-order chi connectivity index (χ0) is 31.0. The van der Waals surface area contributed by atoms with Crippen molar-refractivity contribution in [2.45, 2.75) is 19.9 Å². The van der Waals surface area contributed by atoms with E-state index in [1.165, 1.54) is 43.4 Å². The minimum atomic E-state index is -0.0384. The molecular weight excluding hydrogens is 558 g/mol. The molecule has 0 amide bonds. The fourth-order valence-corrected chi connectivity index (χ4v) is 6.63. The maximum Gasteiger partial charge on any atom is 0.157 e.